The molecule has 1 saturated heterocycles. The highest BCUT2D eigenvalue weighted by Crippen LogP contribution is 2.17. The van der Waals surface area contributed by atoms with E-state index in [1.54, 1.807) is 0 Å². The van der Waals surface area contributed by atoms with Crippen molar-refractivity contribution in [1.29, 1.82) is 0 Å². The molecule has 1 aliphatic heterocycles. The van der Waals surface area contributed by atoms with Gasteiger partial charge in [0.1, 0.15) is 0 Å². The molecule has 1 fully saturated rings. The van der Waals surface area contributed by atoms with Crippen LogP contribution in [0, 0.1) is 5.92 Å². The van der Waals surface area contributed by atoms with Gasteiger partial charge in [-0.25, -0.2) is 0 Å². The Bertz CT molecular complexity index is 286. The molecule has 1 amide bonds. The zero-order chi connectivity index (χ0) is 13.5. The highest BCUT2D eigenvalue weighted by atomic mass is 16.4. The van der Waals surface area contributed by atoms with Crippen molar-refractivity contribution in [1.82, 2.24) is 10.2 Å². The van der Waals surface area contributed by atoms with Crippen LogP contribution >= 0.6 is 0 Å². The van der Waals surface area contributed by atoms with Crippen molar-refractivity contribution in [3.63, 3.8) is 0 Å². The lowest BCUT2D eigenvalue weighted by atomic mass is 9.96. The van der Waals surface area contributed by atoms with Crippen molar-refractivity contribution >= 4 is 11.9 Å². The van der Waals surface area contributed by atoms with Gasteiger partial charge in [0.05, 0.1) is 0 Å². The smallest absolute Gasteiger partial charge is 0.303 e. The maximum Gasteiger partial charge on any atom is 0.303 e. The lowest BCUT2D eigenvalue weighted by molar-refractivity contribution is -0.140. The Morgan fingerprint density at radius 1 is 1.33 bits per heavy atom. The second-order valence-corrected chi connectivity index (χ2v) is 5.15. The van der Waals surface area contributed by atoms with E-state index in [0.29, 0.717) is 13.0 Å². The summed E-state index contributed by atoms with van der Waals surface area (Å²) in [6, 6.07) is 0.140. The Morgan fingerprint density at radius 3 is 2.44 bits per heavy atom. The van der Waals surface area contributed by atoms with Crippen LogP contribution < -0.4 is 5.32 Å². The lowest BCUT2D eigenvalue weighted by Gasteiger charge is -2.32. The molecular formula is C13H24N2O3. The molecule has 5 heteroatoms. The molecule has 5 nitrogen and oxygen atoms in total. The number of aliphatic carboxylic acids is 1. The molecule has 0 saturated carbocycles. The first-order valence-corrected chi connectivity index (χ1v) is 6.75. The minimum Gasteiger partial charge on any atom is -0.481 e. The third-order valence-corrected chi connectivity index (χ3v) is 3.38. The summed E-state index contributed by atoms with van der Waals surface area (Å²) in [4.78, 5) is 24.7. The van der Waals surface area contributed by atoms with E-state index in [4.69, 9.17) is 5.11 Å². The monoisotopic (exact) mass is 256 g/mol. The highest BCUT2D eigenvalue weighted by molar-refractivity contribution is 5.79. The van der Waals surface area contributed by atoms with Gasteiger partial charge in [-0.05, 0) is 46.2 Å². The van der Waals surface area contributed by atoms with Crippen molar-refractivity contribution in [2.75, 3.05) is 19.6 Å². The van der Waals surface area contributed by atoms with Crippen LogP contribution in [0.15, 0.2) is 0 Å². The fourth-order valence-corrected chi connectivity index (χ4v) is 2.33. The number of piperidine rings is 1. The number of nitrogens with zero attached hydrogens (tertiary/aromatic N) is 1. The van der Waals surface area contributed by atoms with Crippen molar-refractivity contribution < 1.29 is 14.7 Å². The van der Waals surface area contributed by atoms with Crippen LogP contribution in [-0.2, 0) is 9.59 Å². The molecule has 0 aromatic heterocycles. The van der Waals surface area contributed by atoms with Crippen LogP contribution in [0.5, 0.6) is 0 Å². The summed E-state index contributed by atoms with van der Waals surface area (Å²) in [5, 5.41) is 11.9. The predicted octanol–water partition coefficient (Wildman–Crippen LogP) is 1.09. The first-order valence-electron chi connectivity index (χ1n) is 6.75. The summed E-state index contributed by atoms with van der Waals surface area (Å²) >= 11 is 0. The van der Waals surface area contributed by atoms with Gasteiger partial charge in [-0.1, -0.05) is 0 Å². The molecule has 0 spiro atoms. The van der Waals surface area contributed by atoms with Gasteiger partial charge in [0.2, 0.25) is 5.91 Å². The maximum absolute atomic E-state index is 12.4. The predicted molar refractivity (Wildman–Crippen MR) is 69.3 cm³/mol. The molecule has 18 heavy (non-hydrogen) atoms. The third-order valence-electron chi connectivity index (χ3n) is 3.38. The van der Waals surface area contributed by atoms with E-state index in [2.05, 4.69) is 5.32 Å². The molecule has 0 atom stereocenters. The SMILES string of the molecule is CC(C)N(CCCC(=O)O)C(=O)C1CCNCC1. The van der Waals surface area contributed by atoms with Crippen molar-refractivity contribution in [2.45, 2.75) is 45.6 Å². The summed E-state index contributed by atoms with van der Waals surface area (Å²) < 4.78 is 0. The largest absolute Gasteiger partial charge is 0.481 e. The Kier molecular flexibility index (Phi) is 6.12. The van der Waals surface area contributed by atoms with E-state index < -0.39 is 5.97 Å². The average Bonchev–Trinajstić information content (AvgIpc) is 2.34. The first-order chi connectivity index (χ1) is 8.52. The van der Waals surface area contributed by atoms with Crippen LogP contribution in [0.3, 0.4) is 0 Å². The molecule has 1 heterocycles. The molecule has 0 aliphatic carbocycles. The minimum absolute atomic E-state index is 0.110. The molecule has 2 N–H and O–H groups in total. The quantitative estimate of drug-likeness (QED) is 0.746. The number of carbonyl (C=O) groups excluding carboxylic acids is 1. The zero-order valence-corrected chi connectivity index (χ0v) is 11.3. The Morgan fingerprint density at radius 2 is 1.94 bits per heavy atom. The maximum atomic E-state index is 12.4. The van der Waals surface area contributed by atoms with Gasteiger partial charge in [-0.3, -0.25) is 9.59 Å². The Hall–Kier alpha value is -1.10. The normalized spacial score (nSPS) is 16.8. The number of nitrogens with one attached hydrogen (secondary N) is 1. The lowest BCUT2D eigenvalue weighted by Crippen LogP contribution is -2.44. The number of carboxylic acids is 1. The van der Waals surface area contributed by atoms with Crippen LogP contribution in [0.25, 0.3) is 0 Å². The van der Waals surface area contributed by atoms with Gasteiger partial charge in [0.15, 0.2) is 0 Å². The van der Waals surface area contributed by atoms with E-state index in [1.165, 1.54) is 0 Å². The average molecular weight is 256 g/mol. The van der Waals surface area contributed by atoms with E-state index in [-0.39, 0.29) is 24.3 Å². The Balaban J connectivity index is 2.48. The summed E-state index contributed by atoms with van der Waals surface area (Å²) in [6.45, 7) is 6.32. The Labute approximate surface area is 109 Å². The second-order valence-electron chi connectivity index (χ2n) is 5.15. The van der Waals surface area contributed by atoms with Crippen molar-refractivity contribution in [2.24, 2.45) is 5.92 Å². The molecule has 104 valence electrons. The number of carboxylic acid groups (broad SMARTS) is 1. The number of hydrogen-bond donors (Lipinski definition) is 2. The van der Waals surface area contributed by atoms with Gasteiger partial charge >= 0.3 is 5.97 Å². The van der Waals surface area contributed by atoms with E-state index in [0.717, 1.165) is 25.9 Å². The van der Waals surface area contributed by atoms with E-state index in [1.807, 2.05) is 18.7 Å². The minimum atomic E-state index is -0.798. The van der Waals surface area contributed by atoms with Crippen LogP contribution in [-0.4, -0.2) is 47.6 Å². The summed E-state index contributed by atoms with van der Waals surface area (Å²) in [7, 11) is 0. The summed E-state index contributed by atoms with van der Waals surface area (Å²) in [5.41, 5.74) is 0. The van der Waals surface area contributed by atoms with Gasteiger partial charge in [0, 0.05) is 24.9 Å². The third kappa shape index (κ3) is 4.64. The summed E-state index contributed by atoms with van der Waals surface area (Å²) in [5.74, 6) is -0.497. The topological polar surface area (TPSA) is 69.6 Å². The number of rotatable bonds is 6. The second kappa shape index (κ2) is 7.36. The molecular weight excluding hydrogens is 232 g/mol. The standard InChI is InChI=1S/C13H24N2O3/c1-10(2)15(9-3-4-12(16)17)13(18)11-5-7-14-8-6-11/h10-11,14H,3-9H2,1-2H3,(H,16,17). The molecule has 0 aromatic carbocycles. The van der Waals surface area contributed by atoms with Crippen LogP contribution in [0.2, 0.25) is 0 Å². The van der Waals surface area contributed by atoms with E-state index >= 15 is 0 Å². The molecule has 0 radical (unpaired) electrons. The molecule has 0 aromatic rings. The fraction of sp³-hybridized carbons (Fsp3) is 0.846. The van der Waals surface area contributed by atoms with Crippen molar-refractivity contribution in [3.05, 3.63) is 0 Å². The zero-order valence-electron chi connectivity index (χ0n) is 11.3. The van der Waals surface area contributed by atoms with Gasteiger partial charge in [-0.15, -0.1) is 0 Å². The van der Waals surface area contributed by atoms with Gasteiger partial charge in [-0.2, -0.15) is 0 Å². The molecule has 1 rings (SSSR count). The summed E-state index contributed by atoms with van der Waals surface area (Å²) in [6.07, 6.45) is 2.44. The van der Waals surface area contributed by atoms with Crippen LogP contribution in [0.1, 0.15) is 39.5 Å². The molecule has 0 unspecified atom stereocenters. The number of hydrogen-bond acceptors (Lipinski definition) is 3. The van der Waals surface area contributed by atoms with Crippen LogP contribution in [0.4, 0.5) is 0 Å². The van der Waals surface area contributed by atoms with E-state index in [9.17, 15) is 9.59 Å². The fourth-order valence-electron chi connectivity index (χ4n) is 2.33. The first kappa shape index (κ1) is 15.0. The van der Waals surface area contributed by atoms with Gasteiger partial charge in [0.25, 0.3) is 0 Å². The highest BCUT2D eigenvalue weighted by Gasteiger charge is 2.27. The molecule has 0 bridgehead atoms. The number of carbonyl (C=O) groups is 2. The van der Waals surface area contributed by atoms with Gasteiger partial charge < -0.3 is 15.3 Å². The van der Waals surface area contributed by atoms with Crippen molar-refractivity contribution in [3.8, 4) is 0 Å². The number of amides is 1. The molecule has 1 aliphatic rings.